The van der Waals surface area contributed by atoms with E-state index in [0.29, 0.717) is 30.6 Å². The van der Waals surface area contributed by atoms with E-state index in [9.17, 15) is 92.3 Å². The minimum absolute atomic E-state index is 0.0107. The van der Waals surface area contributed by atoms with Crippen LogP contribution in [0.2, 0.25) is 0 Å². The molecular formula is C59H96N18O19S2. The number of thioether (sulfide) groups is 1. The molecule has 98 heavy (non-hydrogen) atoms. The molecule has 1 fully saturated rings. The number of nitrogens with zero attached hydrogens (tertiary/aromatic N) is 2. The topological polar surface area (TPSA) is 615 Å². The Kier molecular flexibility index (Phi) is 38.8. The van der Waals surface area contributed by atoms with E-state index in [1.54, 1.807) is 20.1 Å². The molecule has 0 saturated carbocycles. The number of benzene rings is 1. The first-order valence-electron chi connectivity index (χ1n) is 31.6. The Balaban J connectivity index is 2.30. The number of amides is 13. The van der Waals surface area contributed by atoms with Gasteiger partial charge in [0.2, 0.25) is 76.8 Å². The molecule has 0 aliphatic carbocycles. The van der Waals surface area contributed by atoms with Gasteiger partial charge in [-0.1, -0.05) is 32.4 Å². The second kappa shape index (κ2) is 44.7. The predicted molar refractivity (Wildman–Crippen MR) is 358 cm³/mol. The zero-order valence-corrected chi connectivity index (χ0v) is 56.8. The number of thiol groups is 1. The van der Waals surface area contributed by atoms with E-state index < -0.39 is 200 Å². The average molecular weight is 1430 g/mol. The third-order valence-corrected chi connectivity index (χ3v) is 16.3. The molecule has 13 amide bonds. The quantitative estimate of drug-likeness (QED) is 0.0125. The van der Waals surface area contributed by atoms with Gasteiger partial charge < -0.3 is 112 Å². The van der Waals surface area contributed by atoms with Gasteiger partial charge in [0.25, 0.3) is 0 Å². The molecule has 0 spiro atoms. The number of hydrogen-bond acceptors (Lipinski definition) is 22. The number of phenolic OH excluding ortho intramolecular Hbond substituents is 1. The van der Waals surface area contributed by atoms with Gasteiger partial charge in [-0.3, -0.25) is 72.1 Å². The largest absolute Gasteiger partial charge is 0.508 e. The number of carboxylic acids is 2. The molecule has 0 unspecified atom stereocenters. The van der Waals surface area contributed by atoms with Crippen LogP contribution in [-0.2, 0) is 78.3 Å². The van der Waals surface area contributed by atoms with Crippen molar-refractivity contribution in [2.45, 2.75) is 171 Å². The van der Waals surface area contributed by atoms with E-state index in [0.717, 1.165) is 6.92 Å². The molecule has 0 aromatic heterocycles. The molecule has 37 nitrogen and oxygen atoms in total. The lowest BCUT2D eigenvalue weighted by atomic mass is 9.99. The van der Waals surface area contributed by atoms with Crippen LogP contribution in [0.15, 0.2) is 29.3 Å². The summed E-state index contributed by atoms with van der Waals surface area (Å²) in [5.41, 5.74) is 28.0. The Bertz CT molecular complexity index is 2950. The van der Waals surface area contributed by atoms with Crippen molar-refractivity contribution >= 4 is 119 Å². The molecule has 548 valence electrons. The maximum Gasteiger partial charge on any atom is 0.326 e. The number of aliphatic hydroxyl groups is 1. The number of phenols is 1. The van der Waals surface area contributed by atoms with E-state index in [4.69, 9.17) is 28.7 Å². The fourth-order valence-electron chi connectivity index (χ4n) is 9.67. The van der Waals surface area contributed by atoms with Gasteiger partial charge in [-0.05, 0) is 107 Å². The monoisotopic (exact) mass is 1420 g/mol. The van der Waals surface area contributed by atoms with Crippen molar-refractivity contribution in [1.29, 1.82) is 0 Å². The summed E-state index contributed by atoms with van der Waals surface area (Å²) < 4.78 is 0. The van der Waals surface area contributed by atoms with Crippen LogP contribution in [0.4, 0.5) is 0 Å². The maximum absolute atomic E-state index is 14.2. The molecule has 1 aromatic rings. The zero-order valence-electron chi connectivity index (χ0n) is 55.1. The number of aliphatic carboxylic acids is 2. The molecule has 1 heterocycles. The number of aromatic hydroxyl groups is 1. The van der Waals surface area contributed by atoms with Crippen LogP contribution in [0.1, 0.15) is 103 Å². The number of carbonyl (C=O) groups is 15. The van der Waals surface area contributed by atoms with Gasteiger partial charge in [-0.15, -0.1) is 0 Å². The number of primary amides is 1. The zero-order chi connectivity index (χ0) is 73.8. The van der Waals surface area contributed by atoms with E-state index in [1.165, 1.54) is 40.9 Å². The van der Waals surface area contributed by atoms with Crippen LogP contribution in [-0.4, -0.2) is 244 Å². The Hall–Kier alpha value is -9.08. The highest BCUT2D eigenvalue weighted by Gasteiger charge is 2.39. The summed E-state index contributed by atoms with van der Waals surface area (Å²) in [6, 6.07) is -9.00. The van der Waals surface area contributed by atoms with Gasteiger partial charge in [0, 0.05) is 31.7 Å². The first kappa shape index (κ1) is 85.0. The number of rotatable bonds is 46. The van der Waals surface area contributed by atoms with Crippen LogP contribution < -0.4 is 87.2 Å². The minimum atomic E-state index is -1.88. The average Bonchev–Trinajstić information content (AvgIpc) is 1.64. The molecule has 1 aromatic carbocycles. The van der Waals surface area contributed by atoms with Gasteiger partial charge in [0.05, 0.1) is 38.2 Å². The normalized spacial score (nSPS) is 15.9. The van der Waals surface area contributed by atoms with E-state index in [1.807, 2.05) is 0 Å². The molecule has 1 aliphatic rings. The smallest absolute Gasteiger partial charge is 0.326 e. The summed E-state index contributed by atoms with van der Waals surface area (Å²) in [5, 5.41) is 66.5. The van der Waals surface area contributed by atoms with E-state index in [-0.39, 0.29) is 82.0 Å². The van der Waals surface area contributed by atoms with Crippen molar-refractivity contribution in [3.8, 4) is 5.75 Å². The van der Waals surface area contributed by atoms with Gasteiger partial charge in [0.1, 0.15) is 60.1 Å². The second-order valence-corrected chi connectivity index (χ2v) is 24.5. The number of likely N-dealkylation sites (tertiary alicyclic amines) is 1. The maximum atomic E-state index is 14.2. The van der Waals surface area contributed by atoms with Crippen LogP contribution in [0.25, 0.3) is 0 Å². The fourth-order valence-corrected chi connectivity index (χ4v) is 10.4. The highest BCUT2D eigenvalue weighted by molar-refractivity contribution is 7.98. The van der Waals surface area contributed by atoms with Crippen molar-refractivity contribution in [3.05, 3.63) is 29.8 Å². The first-order chi connectivity index (χ1) is 46.3. The standard InChI is InChI=1S/C59H96N18O19S2/c1-5-30(2)47(58(95)96)75-45(83)28-68-49(86)35(11-8-21-65-59(63)64)71-54(91)40(29-97)70-44(82)27-66-50(87)37(17-18-46(84)85)72-52(89)36(10-6-7-20-60)74-56(93)48(31(3)78)76-53(90)39(24-32-13-15-33(79)16-14-32)69-43(81)26-67-51(88)38(19-23-98-4)73-55(92)41-12-9-22-77(41)57(94)34(61)25-42(62)80/h13-16,30-31,34-41,47-48,78-79,97H,5-12,17-29,60-61H2,1-4H3,(H2,62,80)(H,66,87)(H,67,88)(H,68,86)(H,69,81)(H,70,82)(H,71,91)(H,72,89)(H,73,92)(H,74,93)(H,75,83)(H,76,90)(H,84,85)(H,95,96)(H4,63,64,65)/t30-,31+,34-,35-,36-,37-,38-,39-,40-,41-,47-,48-/m0/s1. The van der Waals surface area contributed by atoms with Crippen LogP contribution in [0.5, 0.6) is 5.75 Å². The lowest BCUT2D eigenvalue weighted by Gasteiger charge is -2.28. The highest BCUT2D eigenvalue weighted by Crippen LogP contribution is 2.20. The second-order valence-electron chi connectivity index (χ2n) is 23.1. The van der Waals surface area contributed by atoms with Crippen LogP contribution in [0.3, 0.4) is 0 Å². The van der Waals surface area contributed by atoms with Gasteiger partial charge in [-0.25, -0.2) is 4.79 Å². The first-order valence-corrected chi connectivity index (χ1v) is 33.6. The summed E-state index contributed by atoms with van der Waals surface area (Å²) in [6.45, 7) is 2.39. The molecule has 0 bridgehead atoms. The van der Waals surface area contributed by atoms with Crippen molar-refractivity contribution in [2.75, 3.05) is 57.0 Å². The van der Waals surface area contributed by atoms with Crippen LogP contribution >= 0.6 is 24.4 Å². The number of carbonyl (C=O) groups excluding carboxylic acids is 13. The van der Waals surface area contributed by atoms with E-state index in [2.05, 4.69) is 76.1 Å². The van der Waals surface area contributed by atoms with Crippen molar-refractivity contribution in [2.24, 2.45) is 39.6 Å². The summed E-state index contributed by atoms with van der Waals surface area (Å²) in [6.07, 6.45) is -0.623. The molecule has 39 heteroatoms. The number of aliphatic hydroxyl groups excluding tert-OH is 1. The SMILES string of the molecule is CC[C@H](C)[C@H](NC(=O)CNC(=O)[C@H](CCCN=C(N)N)NC(=O)[C@H](CS)NC(=O)CNC(=O)[C@H](CCC(=O)O)NC(=O)[C@H](CCCCN)NC(=O)[C@@H](NC(=O)[C@H](Cc1ccc(O)cc1)NC(=O)CNC(=O)[C@H](CCSC)NC(=O)[C@@H]1CCCN1C(=O)[C@@H](N)CC(N)=O)[C@@H](C)O)C(=O)O. The number of nitrogens with two attached hydrogens (primary N) is 5. The Morgan fingerprint density at radius 1 is 0.643 bits per heavy atom. The van der Waals surface area contributed by atoms with Gasteiger partial charge >= 0.3 is 11.9 Å². The van der Waals surface area contributed by atoms with Crippen molar-refractivity contribution < 1.29 is 92.3 Å². The Morgan fingerprint density at radius 3 is 1.66 bits per heavy atom. The lowest BCUT2D eigenvalue weighted by molar-refractivity contribution is -0.143. The van der Waals surface area contributed by atoms with Crippen molar-refractivity contribution in [1.82, 2.24) is 63.4 Å². The fraction of sp³-hybridized carbons (Fsp3) is 0.627. The molecule has 12 atom stereocenters. The molecule has 2 rings (SSSR count). The summed E-state index contributed by atoms with van der Waals surface area (Å²) >= 11 is 5.49. The molecule has 0 radical (unpaired) electrons. The number of carboxylic acid groups (broad SMARTS) is 2. The Morgan fingerprint density at radius 2 is 1.15 bits per heavy atom. The molecule has 1 aliphatic heterocycles. The highest BCUT2D eigenvalue weighted by atomic mass is 32.2. The van der Waals surface area contributed by atoms with E-state index >= 15 is 0 Å². The van der Waals surface area contributed by atoms with Gasteiger partial charge in [-0.2, -0.15) is 24.4 Å². The van der Waals surface area contributed by atoms with Gasteiger partial charge in [0.15, 0.2) is 5.96 Å². The predicted octanol–water partition coefficient (Wildman–Crippen LogP) is -7.40. The number of guanidine groups is 1. The van der Waals surface area contributed by atoms with Crippen LogP contribution in [0, 0.1) is 5.92 Å². The molecular weight excluding hydrogens is 1330 g/mol. The third-order valence-electron chi connectivity index (χ3n) is 15.2. The summed E-state index contributed by atoms with van der Waals surface area (Å²) in [4.78, 5) is 203. The number of unbranched alkanes of at least 4 members (excludes halogenated alkanes) is 1. The minimum Gasteiger partial charge on any atom is -0.508 e. The summed E-state index contributed by atoms with van der Waals surface area (Å²) in [5.74, 6) is -15.7. The third kappa shape index (κ3) is 31.4. The number of hydrogen-bond donors (Lipinski definition) is 21. The van der Waals surface area contributed by atoms with Crippen molar-refractivity contribution in [3.63, 3.8) is 0 Å². The Labute approximate surface area is 575 Å². The lowest BCUT2D eigenvalue weighted by Crippen LogP contribution is -2.61. The molecule has 1 saturated heterocycles. The molecule has 25 N–H and O–H groups in total. The summed E-state index contributed by atoms with van der Waals surface area (Å²) in [7, 11) is 0. The number of nitrogens with one attached hydrogen (secondary N) is 11. The number of aliphatic imine (C=N–C) groups is 1.